The van der Waals surface area contributed by atoms with E-state index in [1.807, 2.05) is 12.1 Å². The minimum atomic E-state index is -3.45. The van der Waals surface area contributed by atoms with Crippen molar-refractivity contribution in [3.05, 3.63) is 59.7 Å². The molecule has 0 amide bonds. The van der Waals surface area contributed by atoms with E-state index >= 15 is 0 Å². The van der Waals surface area contributed by atoms with Crippen LogP contribution < -0.4 is 9.46 Å². The van der Waals surface area contributed by atoms with Crippen LogP contribution in [-0.4, -0.2) is 56.3 Å². The molecule has 2 aromatic rings. The molecule has 0 saturated carbocycles. The predicted octanol–water partition coefficient (Wildman–Crippen LogP) is 2.21. The average molecular weight is 433 g/mol. The number of ketones is 1. The van der Waals surface area contributed by atoms with Gasteiger partial charge in [-0.3, -0.25) is 14.4 Å². The maximum atomic E-state index is 12.2. The third kappa shape index (κ3) is 6.83. The SMILES string of the molecule is CS(=O)(=O)Nc1ccccc1OCC(=O)CCC(O)CN1CCc2ccccc2C1. The normalized spacial score (nSPS) is 15.3. The van der Waals surface area contributed by atoms with E-state index in [-0.39, 0.29) is 18.8 Å². The zero-order valence-electron chi connectivity index (χ0n) is 17.1. The molecule has 0 aliphatic carbocycles. The lowest BCUT2D eigenvalue weighted by Crippen LogP contribution is -2.36. The number of sulfonamides is 1. The zero-order valence-corrected chi connectivity index (χ0v) is 17.9. The van der Waals surface area contributed by atoms with Crippen molar-refractivity contribution in [3.63, 3.8) is 0 Å². The molecule has 1 unspecified atom stereocenters. The van der Waals surface area contributed by atoms with Crippen molar-refractivity contribution in [3.8, 4) is 5.75 Å². The standard InChI is InChI=1S/C22H28N2O5S/c1-30(27,28)23-21-8-4-5-9-22(21)29-16-20(26)11-10-19(25)15-24-13-12-17-6-2-3-7-18(17)14-24/h2-9,19,23,25H,10-16H2,1H3. The number of ether oxygens (including phenoxy) is 1. The van der Waals surface area contributed by atoms with Gasteiger partial charge >= 0.3 is 0 Å². The number of carbonyl (C=O) groups excluding carboxylic acids is 1. The van der Waals surface area contributed by atoms with Crippen molar-refractivity contribution in [2.75, 3.05) is 30.7 Å². The molecule has 3 rings (SSSR count). The van der Waals surface area contributed by atoms with Crippen LogP contribution in [0.1, 0.15) is 24.0 Å². The first-order valence-electron chi connectivity index (χ1n) is 9.98. The zero-order chi connectivity index (χ0) is 21.6. The van der Waals surface area contributed by atoms with E-state index in [1.54, 1.807) is 24.3 Å². The Morgan fingerprint density at radius 3 is 2.63 bits per heavy atom. The molecule has 0 bridgehead atoms. The van der Waals surface area contributed by atoms with Crippen molar-refractivity contribution in [2.24, 2.45) is 0 Å². The summed E-state index contributed by atoms with van der Waals surface area (Å²) in [4.78, 5) is 14.4. The van der Waals surface area contributed by atoms with Gasteiger partial charge in [-0.1, -0.05) is 36.4 Å². The largest absolute Gasteiger partial charge is 0.484 e. The Morgan fingerprint density at radius 1 is 1.17 bits per heavy atom. The molecule has 2 N–H and O–H groups in total. The van der Waals surface area contributed by atoms with Gasteiger partial charge in [0.15, 0.2) is 5.78 Å². The van der Waals surface area contributed by atoms with Gasteiger partial charge in [0, 0.05) is 26.1 Å². The van der Waals surface area contributed by atoms with Gasteiger partial charge in [-0.25, -0.2) is 8.42 Å². The Labute approximate surface area is 177 Å². The number of anilines is 1. The van der Waals surface area contributed by atoms with Crippen molar-refractivity contribution in [1.29, 1.82) is 0 Å². The molecule has 0 radical (unpaired) electrons. The topological polar surface area (TPSA) is 95.9 Å². The molecular weight excluding hydrogens is 404 g/mol. The number of hydrogen-bond donors (Lipinski definition) is 2. The number of benzene rings is 2. The number of carbonyl (C=O) groups is 1. The molecule has 1 aliphatic rings. The maximum absolute atomic E-state index is 12.2. The van der Waals surface area contributed by atoms with Crippen LogP contribution in [0, 0.1) is 0 Å². The molecule has 30 heavy (non-hydrogen) atoms. The van der Waals surface area contributed by atoms with Crippen LogP contribution in [0.15, 0.2) is 48.5 Å². The smallest absolute Gasteiger partial charge is 0.229 e. The lowest BCUT2D eigenvalue weighted by Gasteiger charge is -2.30. The van der Waals surface area contributed by atoms with Gasteiger partial charge in [0.1, 0.15) is 12.4 Å². The van der Waals surface area contributed by atoms with Crippen LogP contribution in [0.5, 0.6) is 5.75 Å². The Bertz CT molecular complexity index is 977. The van der Waals surface area contributed by atoms with Crippen molar-refractivity contribution in [2.45, 2.75) is 31.9 Å². The molecule has 8 heteroatoms. The van der Waals surface area contributed by atoms with Crippen LogP contribution >= 0.6 is 0 Å². The Balaban J connectivity index is 1.42. The number of rotatable bonds is 10. The quantitative estimate of drug-likeness (QED) is 0.598. The van der Waals surface area contributed by atoms with E-state index < -0.39 is 16.1 Å². The third-order valence-electron chi connectivity index (χ3n) is 5.01. The highest BCUT2D eigenvalue weighted by atomic mass is 32.2. The molecule has 1 heterocycles. The summed E-state index contributed by atoms with van der Waals surface area (Å²) in [6.45, 7) is 2.07. The second kappa shape index (κ2) is 10.1. The fourth-order valence-corrected chi connectivity index (χ4v) is 4.10. The van der Waals surface area contributed by atoms with Gasteiger partial charge < -0.3 is 9.84 Å². The number of hydrogen-bond acceptors (Lipinski definition) is 6. The lowest BCUT2D eigenvalue weighted by molar-refractivity contribution is -0.121. The van der Waals surface area contributed by atoms with E-state index in [0.717, 1.165) is 25.8 Å². The number of Topliss-reactive ketones (excluding diaryl/α,β-unsaturated/α-hetero) is 1. The minimum Gasteiger partial charge on any atom is -0.484 e. The first-order valence-corrected chi connectivity index (χ1v) is 11.9. The fourth-order valence-electron chi connectivity index (χ4n) is 3.53. The highest BCUT2D eigenvalue weighted by Crippen LogP contribution is 2.24. The van der Waals surface area contributed by atoms with Crippen LogP contribution in [0.3, 0.4) is 0 Å². The molecule has 1 aliphatic heterocycles. The molecule has 7 nitrogen and oxygen atoms in total. The highest BCUT2D eigenvalue weighted by molar-refractivity contribution is 7.92. The van der Waals surface area contributed by atoms with Gasteiger partial charge in [0.25, 0.3) is 0 Å². The predicted molar refractivity (Wildman–Crippen MR) is 116 cm³/mol. The van der Waals surface area contributed by atoms with Crippen LogP contribution in [-0.2, 0) is 27.8 Å². The Morgan fingerprint density at radius 2 is 1.87 bits per heavy atom. The van der Waals surface area contributed by atoms with Crippen molar-refractivity contribution < 1.29 is 23.1 Å². The van der Waals surface area contributed by atoms with Gasteiger partial charge in [0.05, 0.1) is 18.0 Å². The summed E-state index contributed by atoms with van der Waals surface area (Å²) in [5, 5.41) is 10.3. The molecule has 0 aromatic heterocycles. The molecular formula is C22H28N2O5S. The van der Waals surface area contributed by atoms with E-state index in [4.69, 9.17) is 4.74 Å². The second-order valence-electron chi connectivity index (χ2n) is 7.64. The number of β-amino-alcohol motifs (C(OH)–C–C–N with tert-alkyl or cyclic N) is 1. The molecule has 2 aromatic carbocycles. The molecule has 0 fully saturated rings. The van der Waals surface area contributed by atoms with E-state index in [9.17, 15) is 18.3 Å². The van der Waals surface area contributed by atoms with E-state index in [2.05, 4.69) is 21.8 Å². The van der Waals surface area contributed by atoms with Gasteiger partial charge in [0.2, 0.25) is 10.0 Å². The van der Waals surface area contributed by atoms with Crippen LogP contribution in [0.25, 0.3) is 0 Å². The lowest BCUT2D eigenvalue weighted by atomic mass is 9.99. The average Bonchev–Trinajstić information content (AvgIpc) is 2.70. The highest BCUT2D eigenvalue weighted by Gasteiger charge is 2.19. The molecule has 0 spiro atoms. The summed E-state index contributed by atoms with van der Waals surface area (Å²) in [5.41, 5.74) is 2.95. The van der Waals surface area contributed by atoms with Crippen molar-refractivity contribution in [1.82, 2.24) is 4.90 Å². The maximum Gasteiger partial charge on any atom is 0.229 e. The number of para-hydroxylation sites is 2. The number of nitrogens with one attached hydrogen (secondary N) is 1. The van der Waals surface area contributed by atoms with Crippen LogP contribution in [0.4, 0.5) is 5.69 Å². The molecule has 1 atom stereocenters. The Kier molecular flexibility index (Phi) is 7.47. The number of aliphatic hydroxyl groups is 1. The first-order chi connectivity index (χ1) is 14.3. The van der Waals surface area contributed by atoms with Gasteiger partial charge in [-0.05, 0) is 36.1 Å². The summed E-state index contributed by atoms with van der Waals surface area (Å²) in [5.74, 6) is 0.149. The van der Waals surface area contributed by atoms with E-state index in [1.165, 1.54) is 11.1 Å². The second-order valence-corrected chi connectivity index (χ2v) is 9.39. The van der Waals surface area contributed by atoms with Gasteiger partial charge in [-0.15, -0.1) is 0 Å². The number of nitrogens with zero attached hydrogens (tertiary/aromatic N) is 1. The van der Waals surface area contributed by atoms with Crippen molar-refractivity contribution >= 4 is 21.5 Å². The summed E-state index contributed by atoms with van der Waals surface area (Å²) in [7, 11) is -3.45. The first kappa shape index (κ1) is 22.3. The minimum absolute atomic E-state index is 0.146. The third-order valence-corrected chi connectivity index (χ3v) is 5.60. The number of aliphatic hydroxyl groups excluding tert-OH is 1. The molecule has 0 saturated heterocycles. The summed E-state index contributed by atoms with van der Waals surface area (Å²) < 4.78 is 30.7. The van der Waals surface area contributed by atoms with Gasteiger partial charge in [-0.2, -0.15) is 0 Å². The fraction of sp³-hybridized carbons (Fsp3) is 0.409. The number of fused-ring (bicyclic) bond motifs is 1. The molecule has 162 valence electrons. The monoisotopic (exact) mass is 432 g/mol. The summed E-state index contributed by atoms with van der Waals surface area (Å²) in [6, 6.07) is 14.9. The summed E-state index contributed by atoms with van der Waals surface area (Å²) >= 11 is 0. The van der Waals surface area contributed by atoms with E-state index in [0.29, 0.717) is 24.4 Å². The summed E-state index contributed by atoms with van der Waals surface area (Å²) in [6.07, 6.45) is 2.00. The van der Waals surface area contributed by atoms with Crippen LogP contribution in [0.2, 0.25) is 0 Å². The Hall–Kier alpha value is -2.42.